The number of carbonyl (C=O) groups is 1. The summed E-state index contributed by atoms with van der Waals surface area (Å²) in [4.78, 5) is 22.8. The zero-order valence-corrected chi connectivity index (χ0v) is 20.7. The molecule has 182 valence electrons. The molecule has 0 unspecified atom stereocenters. The van der Waals surface area contributed by atoms with E-state index in [4.69, 9.17) is 5.73 Å². The van der Waals surface area contributed by atoms with Gasteiger partial charge in [0.1, 0.15) is 24.1 Å². The number of nitrogens with zero attached hydrogens (tertiary/aromatic N) is 6. The van der Waals surface area contributed by atoms with Crippen molar-refractivity contribution in [3.63, 3.8) is 0 Å². The first-order valence-electron chi connectivity index (χ1n) is 11.3. The van der Waals surface area contributed by atoms with Crippen LogP contribution in [0.15, 0.2) is 73.3 Å². The van der Waals surface area contributed by atoms with Crippen molar-refractivity contribution in [3.05, 3.63) is 79.0 Å². The van der Waals surface area contributed by atoms with E-state index in [0.717, 1.165) is 56.9 Å². The molecule has 9 nitrogen and oxygen atoms in total. The van der Waals surface area contributed by atoms with E-state index in [0.29, 0.717) is 11.4 Å². The summed E-state index contributed by atoms with van der Waals surface area (Å²) in [5.74, 6) is 1.20. The maximum absolute atomic E-state index is 9.41. The average Bonchev–Trinajstić information content (AvgIpc) is 3.46. The number of aromatic nitrogens is 6. The number of aryl methyl sites for hydroxylation is 2. The molecule has 0 saturated carbocycles. The van der Waals surface area contributed by atoms with Gasteiger partial charge in [0.25, 0.3) is 0 Å². The molecule has 0 fully saturated rings. The van der Waals surface area contributed by atoms with Crippen LogP contribution in [0.3, 0.4) is 0 Å². The third-order valence-electron chi connectivity index (χ3n) is 5.64. The molecule has 3 N–H and O–H groups in total. The quantitative estimate of drug-likeness (QED) is 0.279. The molecular weight excluding hydrogens is 452 g/mol. The van der Waals surface area contributed by atoms with E-state index in [9.17, 15) is 4.79 Å². The summed E-state index contributed by atoms with van der Waals surface area (Å²) >= 11 is 0. The van der Waals surface area contributed by atoms with E-state index >= 15 is 0 Å². The minimum atomic E-state index is 0.445. The number of nitrogens with one attached hydrogen (secondary N) is 1. The highest BCUT2D eigenvalue weighted by Gasteiger charge is 2.22. The number of allylic oxidation sites excluding steroid dienone is 1. The van der Waals surface area contributed by atoms with Crippen molar-refractivity contribution in [2.45, 2.75) is 13.8 Å². The van der Waals surface area contributed by atoms with E-state index in [1.807, 2.05) is 63.7 Å². The van der Waals surface area contributed by atoms with Crippen LogP contribution in [0.2, 0.25) is 0 Å². The van der Waals surface area contributed by atoms with Crippen molar-refractivity contribution < 1.29 is 4.79 Å². The van der Waals surface area contributed by atoms with Crippen LogP contribution in [0.25, 0.3) is 39.2 Å². The van der Waals surface area contributed by atoms with E-state index < -0.39 is 0 Å². The van der Waals surface area contributed by atoms with E-state index in [1.54, 1.807) is 11.6 Å². The largest absolute Gasteiger partial charge is 0.388 e. The van der Waals surface area contributed by atoms with Gasteiger partial charge in [0.2, 0.25) is 0 Å². The van der Waals surface area contributed by atoms with Crippen LogP contribution in [-0.4, -0.2) is 42.6 Å². The molecule has 0 aliphatic heterocycles. The second-order valence-corrected chi connectivity index (χ2v) is 8.34. The third-order valence-corrected chi connectivity index (χ3v) is 5.64. The highest BCUT2D eigenvalue weighted by atomic mass is 16.1. The number of rotatable bonds is 5. The van der Waals surface area contributed by atoms with Crippen LogP contribution < -0.4 is 11.1 Å². The molecule has 4 aromatic heterocycles. The highest BCUT2D eigenvalue weighted by molar-refractivity contribution is 6.07. The van der Waals surface area contributed by atoms with Gasteiger partial charge in [-0.2, -0.15) is 5.10 Å². The molecule has 0 atom stereocenters. The lowest BCUT2D eigenvalue weighted by Crippen LogP contribution is -1.98. The topological polar surface area (TPSA) is 117 Å². The van der Waals surface area contributed by atoms with Gasteiger partial charge in [-0.05, 0) is 55.3 Å². The molecule has 5 aromatic rings. The van der Waals surface area contributed by atoms with Gasteiger partial charge in [-0.25, -0.2) is 19.6 Å². The fraction of sp³-hybridized carbons (Fsp3) is 0.148. The SMILES string of the molecule is C=C(C)C=O.CNc1ccc(-c2c(-c3ccc(-n4ccc(C)n4)nc3)c3c(N)ncnc3n2C)cc1. The molecule has 0 aliphatic rings. The lowest BCUT2D eigenvalue weighted by molar-refractivity contribution is -0.104. The van der Waals surface area contributed by atoms with Gasteiger partial charge >= 0.3 is 0 Å². The van der Waals surface area contributed by atoms with Crippen LogP contribution in [0, 0.1) is 6.92 Å². The average molecular weight is 481 g/mol. The molecule has 0 radical (unpaired) electrons. The molecule has 5 rings (SSSR count). The molecule has 9 heteroatoms. The highest BCUT2D eigenvalue weighted by Crippen LogP contribution is 2.41. The molecule has 1 aromatic carbocycles. The number of benzene rings is 1. The number of fused-ring (bicyclic) bond motifs is 1. The molecule has 4 heterocycles. The van der Waals surface area contributed by atoms with Crippen molar-refractivity contribution in [1.82, 2.24) is 29.3 Å². The number of carbonyl (C=O) groups excluding carboxylic acids is 1. The summed E-state index contributed by atoms with van der Waals surface area (Å²) in [6.45, 7) is 6.92. The normalized spacial score (nSPS) is 10.6. The summed E-state index contributed by atoms with van der Waals surface area (Å²) in [5.41, 5.74) is 13.6. The van der Waals surface area contributed by atoms with Crippen molar-refractivity contribution in [3.8, 4) is 28.2 Å². The third kappa shape index (κ3) is 4.72. The van der Waals surface area contributed by atoms with Gasteiger partial charge < -0.3 is 15.6 Å². The van der Waals surface area contributed by atoms with Crippen LogP contribution in [0.5, 0.6) is 0 Å². The van der Waals surface area contributed by atoms with Gasteiger partial charge in [-0.3, -0.25) is 4.79 Å². The zero-order valence-electron chi connectivity index (χ0n) is 20.7. The number of nitrogen functional groups attached to an aromatic ring is 1. The van der Waals surface area contributed by atoms with E-state index in [-0.39, 0.29) is 0 Å². The fourth-order valence-corrected chi connectivity index (χ4v) is 3.90. The first kappa shape index (κ1) is 24.3. The Balaban J connectivity index is 0.000000556. The Morgan fingerprint density at radius 3 is 2.31 bits per heavy atom. The Hall–Kier alpha value is -4.79. The minimum Gasteiger partial charge on any atom is -0.388 e. The monoisotopic (exact) mass is 480 g/mol. The van der Waals surface area contributed by atoms with Crippen LogP contribution in [-0.2, 0) is 11.8 Å². The summed E-state index contributed by atoms with van der Waals surface area (Å²) in [7, 11) is 3.90. The number of nitrogens with two attached hydrogens (primary N) is 1. The molecule has 0 amide bonds. The molecule has 0 saturated heterocycles. The number of hydrogen-bond donors (Lipinski definition) is 2. The minimum absolute atomic E-state index is 0.445. The Bertz CT molecular complexity index is 1530. The van der Waals surface area contributed by atoms with Crippen molar-refractivity contribution >= 4 is 28.8 Å². The van der Waals surface area contributed by atoms with Gasteiger partial charge in [0, 0.05) is 43.3 Å². The number of aldehydes is 1. The van der Waals surface area contributed by atoms with Crippen LogP contribution in [0.4, 0.5) is 11.5 Å². The van der Waals surface area contributed by atoms with Crippen LogP contribution in [0.1, 0.15) is 12.6 Å². The molecule has 36 heavy (non-hydrogen) atoms. The van der Waals surface area contributed by atoms with Gasteiger partial charge in [0.05, 0.1) is 16.8 Å². The smallest absolute Gasteiger partial charge is 0.153 e. The first-order chi connectivity index (χ1) is 17.3. The Kier molecular flexibility index (Phi) is 6.91. The first-order valence-corrected chi connectivity index (χ1v) is 11.3. The second kappa shape index (κ2) is 10.2. The standard InChI is InChI=1S/C23H22N8.C4H6O/c1-14-10-11-31(29-14)18-9-6-16(12-26-18)19-20-22(24)27-13-28-23(20)30(3)21(19)15-4-7-17(25-2)8-5-15;1-4(2)3-5/h4-13,25H,1-3H3,(H2,24,27,28);3H,1H2,2H3. The van der Waals surface area contributed by atoms with E-state index in [2.05, 4.69) is 48.6 Å². The fourth-order valence-electron chi connectivity index (χ4n) is 3.90. The van der Waals surface area contributed by atoms with Gasteiger partial charge in [0.15, 0.2) is 5.82 Å². The lowest BCUT2D eigenvalue weighted by atomic mass is 10.00. The van der Waals surface area contributed by atoms with E-state index in [1.165, 1.54) is 6.33 Å². The summed E-state index contributed by atoms with van der Waals surface area (Å²) in [5, 5.41) is 8.42. The molecule has 0 aliphatic carbocycles. The summed E-state index contributed by atoms with van der Waals surface area (Å²) < 4.78 is 3.82. The van der Waals surface area contributed by atoms with Crippen LogP contribution >= 0.6 is 0 Å². The Morgan fingerprint density at radius 1 is 1.06 bits per heavy atom. The summed E-state index contributed by atoms with van der Waals surface area (Å²) in [6, 6.07) is 14.2. The molecule has 0 spiro atoms. The molecule has 0 bridgehead atoms. The Morgan fingerprint density at radius 2 is 1.75 bits per heavy atom. The number of pyridine rings is 1. The maximum atomic E-state index is 9.41. The zero-order chi connectivity index (χ0) is 25.8. The number of anilines is 2. The molecular formula is C27H28N8O. The Labute approximate surface area is 209 Å². The summed E-state index contributed by atoms with van der Waals surface area (Å²) in [6.07, 6.45) is 5.96. The number of hydrogen-bond acceptors (Lipinski definition) is 7. The van der Waals surface area contributed by atoms with Crippen molar-refractivity contribution in [2.24, 2.45) is 7.05 Å². The van der Waals surface area contributed by atoms with Crippen molar-refractivity contribution in [1.29, 1.82) is 0 Å². The predicted octanol–water partition coefficient (Wildman–Crippen LogP) is 4.58. The second-order valence-electron chi connectivity index (χ2n) is 8.34. The lowest BCUT2D eigenvalue weighted by Gasteiger charge is -2.10. The maximum Gasteiger partial charge on any atom is 0.153 e. The predicted molar refractivity (Wildman–Crippen MR) is 144 cm³/mol. The van der Waals surface area contributed by atoms with Crippen molar-refractivity contribution in [2.75, 3.05) is 18.1 Å². The van der Waals surface area contributed by atoms with Gasteiger partial charge in [-0.1, -0.05) is 18.7 Å². The van der Waals surface area contributed by atoms with Gasteiger partial charge in [-0.15, -0.1) is 0 Å².